The van der Waals surface area contributed by atoms with Gasteiger partial charge in [0, 0.05) is 25.7 Å². The van der Waals surface area contributed by atoms with E-state index >= 15 is 0 Å². The van der Waals surface area contributed by atoms with E-state index in [1.54, 1.807) is 0 Å². The Kier molecular flexibility index (Phi) is 66.2. The number of phosphoric ester groups is 1. The van der Waals surface area contributed by atoms with Crippen molar-refractivity contribution in [2.24, 2.45) is 5.92 Å². The molecule has 120 heavy (non-hydrogen) atoms. The standard InChI is InChI=1S/C94H171O25P/c1-6-10-14-18-22-25-28-31-34-37-40-43-46-53-59-65-77(96)110-70-74(113-79(98)67-61-56-50-49-52-58-64-73(5)63-57-51-21-17-13-9-4)71-112-120(108,109)119-92-90(117-93-87(106)83(102)81(100)75(69-95)114-93)86(105)85(104)89(116-80(99)68-62-55-48-45-42-39-36-33-30-27-24-20-16-12-8-3)91(92)118-94-88(107)84(103)82(101)76(115-94)72-111-78(97)66-60-54-47-44-41-38-35-32-29-26-23-19-15-11-7-2/h25-30,73-76,81-95,100-107H,6-24,31-72H2,1-5H3,(H,108,109)/b28-25-,29-26-,30-27-. The first kappa shape index (κ1) is 111. The van der Waals surface area contributed by atoms with Crippen molar-refractivity contribution < 1.29 is 122 Å². The van der Waals surface area contributed by atoms with Crippen molar-refractivity contribution in [1.82, 2.24) is 0 Å². The lowest BCUT2D eigenvalue weighted by Crippen LogP contribution is -2.70. The number of aliphatic hydroxyl groups is 9. The summed E-state index contributed by atoms with van der Waals surface area (Å²) in [5.74, 6) is -2.31. The van der Waals surface area contributed by atoms with Crippen molar-refractivity contribution in [3.05, 3.63) is 36.5 Å². The molecule has 0 bridgehead atoms. The fourth-order valence-corrected chi connectivity index (χ4v) is 16.7. The number of carbonyl (C=O) groups is 4. The van der Waals surface area contributed by atoms with Gasteiger partial charge in [-0.25, -0.2) is 4.57 Å². The minimum absolute atomic E-state index is 0.00759. The summed E-state index contributed by atoms with van der Waals surface area (Å²) in [6.45, 7) is 7.89. The summed E-state index contributed by atoms with van der Waals surface area (Å²) < 4.78 is 73.5. The molecule has 3 rings (SSSR count). The zero-order valence-corrected chi connectivity index (χ0v) is 75.9. The van der Waals surface area contributed by atoms with E-state index in [-0.39, 0.29) is 25.7 Å². The Morgan fingerprint density at radius 3 is 1.08 bits per heavy atom. The monoisotopic (exact) mass is 1730 g/mol. The summed E-state index contributed by atoms with van der Waals surface area (Å²) in [7, 11) is -5.82. The molecule has 0 spiro atoms. The number of unbranched alkanes of at least 4 members (excludes halogenated alkanes) is 43. The molecule has 3 fully saturated rings. The van der Waals surface area contributed by atoms with Gasteiger partial charge in [-0.1, -0.05) is 309 Å². The zero-order valence-electron chi connectivity index (χ0n) is 75.0. The van der Waals surface area contributed by atoms with Crippen LogP contribution in [0.3, 0.4) is 0 Å². The van der Waals surface area contributed by atoms with E-state index in [0.29, 0.717) is 38.0 Å². The van der Waals surface area contributed by atoms with Crippen LogP contribution in [0.2, 0.25) is 0 Å². The first-order chi connectivity index (χ1) is 58.1. The summed E-state index contributed by atoms with van der Waals surface area (Å²) in [6.07, 6.45) is 32.6. The van der Waals surface area contributed by atoms with E-state index in [2.05, 4.69) is 71.1 Å². The summed E-state index contributed by atoms with van der Waals surface area (Å²) in [6, 6.07) is 0. The van der Waals surface area contributed by atoms with Gasteiger partial charge in [0.25, 0.3) is 0 Å². The van der Waals surface area contributed by atoms with Gasteiger partial charge in [0.05, 0.1) is 13.2 Å². The molecule has 19 unspecified atom stereocenters. The van der Waals surface area contributed by atoms with Gasteiger partial charge in [-0.2, -0.15) is 0 Å². The molecule has 26 heteroatoms. The lowest BCUT2D eigenvalue weighted by Gasteiger charge is -2.50. The predicted molar refractivity (Wildman–Crippen MR) is 467 cm³/mol. The van der Waals surface area contributed by atoms with Crippen molar-refractivity contribution >= 4 is 31.7 Å². The molecule has 0 aromatic rings. The van der Waals surface area contributed by atoms with E-state index in [4.69, 9.17) is 46.9 Å². The molecule has 0 aromatic carbocycles. The molecule has 1 saturated carbocycles. The number of aliphatic hydroxyl groups excluding tert-OH is 9. The first-order valence-electron chi connectivity index (χ1n) is 48.1. The van der Waals surface area contributed by atoms with Gasteiger partial charge in [0.15, 0.2) is 24.8 Å². The van der Waals surface area contributed by atoms with Gasteiger partial charge in [-0.05, 0) is 109 Å². The van der Waals surface area contributed by atoms with Crippen molar-refractivity contribution in [2.75, 3.05) is 26.4 Å². The Labute approximate surface area is 723 Å². The second-order valence-electron chi connectivity index (χ2n) is 34.5. The van der Waals surface area contributed by atoms with Gasteiger partial charge in [-0.15, -0.1) is 0 Å². The van der Waals surface area contributed by atoms with Gasteiger partial charge in [-0.3, -0.25) is 28.2 Å². The quantitative estimate of drug-likeness (QED) is 0.00889. The molecule has 2 saturated heterocycles. The highest BCUT2D eigenvalue weighted by Crippen LogP contribution is 2.49. The van der Waals surface area contributed by atoms with Crippen LogP contribution in [0.4, 0.5) is 0 Å². The molecule has 0 aromatic heterocycles. The zero-order chi connectivity index (χ0) is 87.6. The lowest BCUT2D eigenvalue weighted by atomic mass is 9.84. The third-order valence-electron chi connectivity index (χ3n) is 23.5. The van der Waals surface area contributed by atoms with Gasteiger partial charge in [0.1, 0.15) is 92.6 Å². The fourth-order valence-electron chi connectivity index (χ4n) is 15.7. The van der Waals surface area contributed by atoms with E-state index in [1.165, 1.54) is 128 Å². The number of carbonyl (C=O) groups excluding carboxylic acids is 4. The molecule has 10 N–H and O–H groups in total. The van der Waals surface area contributed by atoms with Crippen LogP contribution in [0.25, 0.3) is 0 Å². The minimum atomic E-state index is -5.82. The van der Waals surface area contributed by atoms with Crippen LogP contribution < -0.4 is 0 Å². The van der Waals surface area contributed by atoms with Crippen LogP contribution in [0.1, 0.15) is 401 Å². The Hall–Kier alpha value is -3.31. The van der Waals surface area contributed by atoms with Gasteiger partial charge >= 0.3 is 31.7 Å². The van der Waals surface area contributed by atoms with Crippen molar-refractivity contribution in [3.8, 4) is 0 Å². The molecule has 3 aliphatic rings. The molecule has 0 amide bonds. The fraction of sp³-hybridized carbons (Fsp3) is 0.894. The Balaban J connectivity index is 1.92. The van der Waals surface area contributed by atoms with Gasteiger partial charge < -0.3 is 88.7 Å². The van der Waals surface area contributed by atoms with Crippen molar-refractivity contribution in [3.63, 3.8) is 0 Å². The number of allylic oxidation sites excluding steroid dienone is 6. The first-order valence-corrected chi connectivity index (χ1v) is 49.6. The number of hydrogen-bond donors (Lipinski definition) is 10. The van der Waals surface area contributed by atoms with Crippen LogP contribution in [0.5, 0.6) is 0 Å². The van der Waals surface area contributed by atoms with E-state index in [9.17, 15) is 74.6 Å². The maximum Gasteiger partial charge on any atom is 0.472 e. The second-order valence-corrected chi connectivity index (χ2v) is 35.9. The highest BCUT2D eigenvalue weighted by Gasteiger charge is 2.60. The molecular formula is C94H171O25P. The normalized spacial score (nSPS) is 25.1. The predicted octanol–water partition coefficient (Wildman–Crippen LogP) is 18.1. The highest BCUT2D eigenvalue weighted by molar-refractivity contribution is 7.47. The number of ether oxygens (including phenoxy) is 8. The van der Waals surface area contributed by atoms with Crippen LogP contribution >= 0.6 is 7.82 Å². The molecule has 2 aliphatic heterocycles. The van der Waals surface area contributed by atoms with Gasteiger partial charge in [0.2, 0.25) is 0 Å². The van der Waals surface area contributed by atoms with E-state index in [1.807, 2.05) is 0 Å². The molecule has 1 aliphatic carbocycles. The second kappa shape index (κ2) is 71.7. The number of esters is 4. The molecule has 19 atom stereocenters. The number of hydrogen-bond acceptors (Lipinski definition) is 24. The molecule has 2 heterocycles. The number of phosphoric acid groups is 1. The maximum atomic E-state index is 14.9. The third kappa shape index (κ3) is 51.5. The Bertz CT molecular complexity index is 2650. The summed E-state index contributed by atoms with van der Waals surface area (Å²) in [5.41, 5.74) is 0. The van der Waals surface area contributed by atoms with E-state index in [0.717, 1.165) is 180 Å². The van der Waals surface area contributed by atoms with Crippen LogP contribution in [-0.4, -0.2) is 205 Å². The Morgan fingerprint density at radius 2 is 0.675 bits per heavy atom. The Morgan fingerprint density at radius 1 is 0.350 bits per heavy atom. The minimum Gasteiger partial charge on any atom is -0.463 e. The largest absolute Gasteiger partial charge is 0.472 e. The van der Waals surface area contributed by atoms with Crippen molar-refractivity contribution in [1.29, 1.82) is 0 Å². The topological polar surface area (TPSA) is 380 Å². The average molecular weight is 1730 g/mol. The summed E-state index contributed by atoms with van der Waals surface area (Å²) in [4.78, 5) is 66.6. The van der Waals surface area contributed by atoms with E-state index < -0.39 is 162 Å². The SMILES string of the molecule is CCCCCC/C=C\CCCCCCCCCC(=O)OCC(COP(=O)(O)OC1C(OC2OC(CO)C(O)C(O)C2O)C(O)C(O)C(OC(=O)CCCCCCCCC/C=C\CCCCCC)C1OC1OC(COC(=O)CCCCCCCCC/C=C\CCCCCC)C(O)C(O)C1O)OC(=O)CCCCCCCCC(C)CCCCCCCC. The van der Waals surface area contributed by atoms with Crippen LogP contribution in [-0.2, 0) is 70.7 Å². The number of rotatable bonds is 77. The van der Waals surface area contributed by atoms with Crippen LogP contribution in [0.15, 0.2) is 36.5 Å². The molecule has 25 nitrogen and oxygen atoms in total. The smallest absolute Gasteiger partial charge is 0.463 e. The average Bonchev–Trinajstić information content (AvgIpc) is 0.753. The summed E-state index contributed by atoms with van der Waals surface area (Å²) >= 11 is 0. The van der Waals surface area contributed by atoms with Crippen molar-refractivity contribution in [2.45, 2.75) is 505 Å². The molecule has 0 radical (unpaired) electrons. The lowest BCUT2D eigenvalue weighted by molar-refractivity contribution is -0.360. The molecule has 702 valence electrons. The maximum absolute atomic E-state index is 14.9. The molecular weight excluding hydrogens is 1560 g/mol. The summed E-state index contributed by atoms with van der Waals surface area (Å²) in [5, 5.41) is 102. The highest BCUT2D eigenvalue weighted by atomic mass is 31.2. The van der Waals surface area contributed by atoms with Crippen LogP contribution in [0, 0.1) is 5.92 Å². The third-order valence-corrected chi connectivity index (χ3v) is 24.5.